The number of carboxylic acids is 1. The Balaban J connectivity index is 2.14. The zero-order valence-corrected chi connectivity index (χ0v) is 12.1. The summed E-state index contributed by atoms with van der Waals surface area (Å²) in [6, 6.07) is 3.01. The molecular weight excluding hydrogens is 304 g/mol. The zero-order valence-electron chi connectivity index (χ0n) is 10.4. The van der Waals surface area contributed by atoms with Crippen molar-refractivity contribution in [1.29, 1.82) is 0 Å². The van der Waals surface area contributed by atoms with Gasteiger partial charge in [-0.2, -0.15) is 4.37 Å². The molecule has 2 rings (SSSR count). The van der Waals surface area contributed by atoms with Crippen LogP contribution < -0.4 is 4.72 Å². The molecule has 0 fully saturated rings. The maximum atomic E-state index is 12.1. The first-order valence-electron chi connectivity index (χ1n) is 5.62. The first kappa shape index (κ1) is 14.7. The van der Waals surface area contributed by atoms with E-state index in [9.17, 15) is 13.2 Å². The SMILES string of the molecule is CC(Cc1ccco1)NS(=O)(=O)c1csnc1C(=O)O. The molecule has 0 aromatic carbocycles. The van der Waals surface area contributed by atoms with Crippen LogP contribution in [0.3, 0.4) is 0 Å². The Hall–Kier alpha value is -1.71. The van der Waals surface area contributed by atoms with Gasteiger partial charge in [0.15, 0.2) is 5.69 Å². The Bertz CT molecular complexity index is 690. The van der Waals surface area contributed by atoms with Crippen molar-refractivity contribution >= 4 is 27.5 Å². The summed E-state index contributed by atoms with van der Waals surface area (Å²) in [6.07, 6.45) is 1.87. The average molecular weight is 316 g/mol. The Labute approximate surface area is 119 Å². The molecule has 0 aliphatic rings. The fraction of sp³-hybridized carbons (Fsp3) is 0.273. The van der Waals surface area contributed by atoms with E-state index in [0.717, 1.165) is 11.5 Å². The highest BCUT2D eigenvalue weighted by atomic mass is 32.2. The molecule has 7 nitrogen and oxygen atoms in total. The van der Waals surface area contributed by atoms with Crippen LogP contribution in [-0.4, -0.2) is 29.9 Å². The Kier molecular flexibility index (Phi) is 4.21. The van der Waals surface area contributed by atoms with Crippen LogP contribution in [0.1, 0.15) is 23.2 Å². The van der Waals surface area contributed by atoms with Gasteiger partial charge in [0.25, 0.3) is 0 Å². The van der Waals surface area contributed by atoms with Gasteiger partial charge in [-0.3, -0.25) is 0 Å². The van der Waals surface area contributed by atoms with Crippen LogP contribution in [0.5, 0.6) is 0 Å². The second kappa shape index (κ2) is 5.73. The zero-order chi connectivity index (χ0) is 14.8. The van der Waals surface area contributed by atoms with Gasteiger partial charge in [-0.25, -0.2) is 17.9 Å². The number of nitrogens with one attached hydrogen (secondary N) is 1. The summed E-state index contributed by atoms with van der Waals surface area (Å²) in [4.78, 5) is 10.6. The molecule has 2 heterocycles. The normalized spacial score (nSPS) is 13.2. The summed E-state index contributed by atoms with van der Waals surface area (Å²) in [7, 11) is -3.92. The van der Waals surface area contributed by atoms with E-state index in [0.29, 0.717) is 12.2 Å². The average Bonchev–Trinajstić information content (AvgIpc) is 2.97. The number of rotatable bonds is 6. The Morgan fingerprint density at radius 3 is 2.95 bits per heavy atom. The smallest absolute Gasteiger partial charge is 0.357 e. The molecule has 0 amide bonds. The summed E-state index contributed by atoms with van der Waals surface area (Å²) >= 11 is 0.785. The minimum absolute atomic E-state index is 0.318. The Morgan fingerprint density at radius 1 is 1.60 bits per heavy atom. The number of furan rings is 1. The van der Waals surface area contributed by atoms with E-state index < -0.39 is 27.7 Å². The highest BCUT2D eigenvalue weighted by molar-refractivity contribution is 7.89. The fourth-order valence-corrected chi connectivity index (χ4v) is 4.03. The van der Waals surface area contributed by atoms with Gasteiger partial charge in [0.1, 0.15) is 10.7 Å². The van der Waals surface area contributed by atoms with Crippen molar-refractivity contribution in [2.75, 3.05) is 0 Å². The predicted octanol–water partition coefficient (Wildman–Crippen LogP) is 1.34. The molecule has 1 unspecified atom stereocenters. The summed E-state index contributed by atoms with van der Waals surface area (Å²) in [6.45, 7) is 1.67. The van der Waals surface area contributed by atoms with Gasteiger partial charge in [0, 0.05) is 17.8 Å². The van der Waals surface area contributed by atoms with Crippen molar-refractivity contribution in [2.24, 2.45) is 0 Å². The maximum absolute atomic E-state index is 12.1. The monoisotopic (exact) mass is 316 g/mol. The van der Waals surface area contributed by atoms with Crippen molar-refractivity contribution in [1.82, 2.24) is 9.10 Å². The molecule has 2 aromatic rings. The number of hydrogen-bond acceptors (Lipinski definition) is 6. The van der Waals surface area contributed by atoms with Gasteiger partial charge >= 0.3 is 5.97 Å². The first-order valence-corrected chi connectivity index (χ1v) is 7.94. The van der Waals surface area contributed by atoms with E-state index in [1.54, 1.807) is 19.1 Å². The lowest BCUT2D eigenvalue weighted by Gasteiger charge is -2.12. The molecule has 108 valence electrons. The van der Waals surface area contributed by atoms with Crippen LogP contribution in [0.15, 0.2) is 33.1 Å². The first-order chi connectivity index (χ1) is 9.40. The second-order valence-corrected chi connectivity index (χ2v) is 6.45. The highest BCUT2D eigenvalue weighted by Crippen LogP contribution is 2.18. The summed E-state index contributed by atoms with van der Waals surface area (Å²) in [5.74, 6) is -0.729. The molecule has 0 aliphatic carbocycles. The number of carbonyl (C=O) groups is 1. The lowest BCUT2D eigenvalue weighted by atomic mass is 10.2. The lowest BCUT2D eigenvalue weighted by molar-refractivity contribution is 0.0687. The second-order valence-electron chi connectivity index (χ2n) is 4.14. The van der Waals surface area contributed by atoms with Crippen molar-refractivity contribution in [2.45, 2.75) is 24.3 Å². The number of sulfonamides is 1. The van der Waals surface area contributed by atoms with E-state index in [1.807, 2.05) is 0 Å². The molecule has 9 heteroatoms. The van der Waals surface area contributed by atoms with E-state index in [-0.39, 0.29) is 4.90 Å². The maximum Gasteiger partial charge on any atom is 0.357 e. The summed E-state index contributed by atoms with van der Waals surface area (Å²) in [5.41, 5.74) is -0.465. The molecule has 0 radical (unpaired) electrons. The number of nitrogens with zero attached hydrogens (tertiary/aromatic N) is 1. The van der Waals surface area contributed by atoms with Crippen LogP contribution in [0.25, 0.3) is 0 Å². The van der Waals surface area contributed by atoms with Gasteiger partial charge in [-0.05, 0) is 30.6 Å². The predicted molar refractivity (Wildman–Crippen MR) is 71.3 cm³/mol. The summed E-state index contributed by atoms with van der Waals surface area (Å²) < 4.78 is 35.3. The molecule has 0 saturated heterocycles. The number of hydrogen-bond donors (Lipinski definition) is 2. The molecule has 0 aliphatic heterocycles. The third-order valence-electron chi connectivity index (χ3n) is 2.47. The van der Waals surface area contributed by atoms with Gasteiger partial charge in [-0.15, -0.1) is 0 Å². The number of carboxylic acid groups (broad SMARTS) is 1. The van der Waals surface area contributed by atoms with Gasteiger partial charge in [-0.1, -0.05) is 0 Å². The minimum atomic E-state index is -3.92. The largest absolute Gasteiger partial charge is 0.476 e. The van der Waals surface area contributed by atoms with E-state index >= 15 is 0 Å². The van der Waals surface area contributed by atoms with Crippen LogP contribution in [-0.2, 0) is 16.4 Å². The van der Waals surface area contributed by atoms with Gasteiger partial charge < -0.3 is 9.52 Å². The molecule has 1 atom stereocenters. The highest BCUT2D eigenvalue weighted by Gasteiger charge is 2.26. The van der Waals surface area contributed by atoms with Crippen LogP contribution in [0.2, 0.25) is 0 Å². The topological polar surface area (TPSA) is 110 Å². The van der Waals surface area contributed by atoms with Crippen molar-refractivity contribution in [3.63, 3.8) is 0 Å². The van der Waals surface area contributed by atoms with Crippen LogP contribution in [0.4, 0.5) is 0 Å². The molecular formula is C11H12N2O5S2. The molecule has 2 aromatic heterocycles. The summed E-state index contributed by atoms with van der Waals surface area (Å²) in [5, 5.41) is 10.1. The standard InChI is InChI=1S/C11H12N2O5S2/c1-7(5-8-3-2-4-18-8)13-20(16,17)9-6-19-12-10(9)11(14)15/h2-4,6-7,13H,5H2,1H3,(H,14,15). The lowest BCUT2D eigenvalue weighted by Crippen LogP contribution is -2.34. The third-order valence-corrected chi connectivity index (χ3v) is 4.85. The van der Waals surface area contributed by atoms with Crippen molar-refractivity contribution in [3.8, 4) is 0 Å². The van der Waals surface area contributed by atoms with E-state index in [1.165, 1.54) is 11.6 Å². The van der Waals surface area contributed by atoms with E-state index in [2.05, 4.69) is 9.10 Å². The Morgan fingerprint density at radius 2 is 2.35 bits per heavy atom. The van der Waals surface area contributed by atoms with Crippen molar-refractivity contribution in [3.05, 3.63) is 35.2 Å². The number of aromatic nitrogens is 1. The molecule has 20 heavy (non-hydrogen) atoms. The molecule has 0 spiro atoms. The molecule has 2 N–H and O–H groups in total. The van der Waals surface area contributed by atoms with Crippen molar-refractivity contribution < 1.29 is 22.7 Å². The quantitative estimate of drug-likeness (QED) is 0.832. The van der Waals surface area contributed by atoms with E-state index in [4.69, 9.17) is 9.52 Å². The van der Waals surface area contributed by atoms with Gasteiger partial charge in [0.2, 0.25) is 10.0 Å². The van der Waals surface area contributed by atoms with Gasteiger partial charge in [0.05, 0.1) is 6.26 Å². The minimum Gasteiger partial charge on any atom is -0.476 e. The van der Waals surface area contributed by atoms with Crippen LogP contribution in [0, 0.1) is 0 Å². The fourth-order valence-electron chi connectivity index (χ4n) is 1.66. The number of aromatic carboxylic acids is 1. The third kappa shape index (κ3) is 3.24. The molecule has 0 saturated carbocycles. The molecule has 0 bridgehead atoms. The van der Waals surface area contributed by atoms with Crippen LogP contribution >= 0.6 is 11.5 Å².